The second kappa shape index (κ2) is 3.91. The van der Waals surface area contributed by atoms with Gasteiger partial charge < -0.3 is 0 Å². The fourth-order valence-corrected chi connectivity index (χ4v) is 2.70. The Bertz CT molecular complexity index is 89.4. The van der Waals surface area contributed by atoms with E-state index in [0.717, 1.165) is 11.5 Å². The Morgan fingerprint density at radius 3 is 1.70 bits per heavy atom. The lowest BCUT2D eigenvalue weighted by Crippen LogP contribution is -2.27. The third kappa shape index (κ3) is 1.85. The Hall–Kier alpha value is 0.700. The molecule has 0 aromatic carbocycles. The van der Waals surface area contributed by atoms with Crippen LogP contribution in [0, 0.1) is 5.41 Å². The third-order valence-corrected chi connectivity index (χ3v) is 3.93. The molecule has 0 atom stereocenters. The van der Waals surface area contributed by atoms with Crippen molar-refractivity contribution in [2.45, 2.75) is 32.1 Å². The summed E-state index contributed by atoms with van der Waals surface area (Å²) in [6.07, 6.45) is 6.89. The van der Waals surface area contributed by atoms with Gasteiger partial charge in [0, 0.05) is 0 Å². The van der Waals surface area contributed by atoms with Gasteiger partial charge >= 0.3 is 0 Å². The molecule has 0 aromatic rings. The molecule has 2 heteroatoms. The molecule has 0 heterocycles. The zero-order valence-electron chi connectivity index (χ0n) is 6.34. The van der Waals surface area contributed by atoms with E-state index in [9.17, 15) is 0 Å². The maximum atomic E-state index is 4.38. The van der Waals surface area contributed by atoms with Crippen LogP contribution in [0.4, 0.5) is 0 Å². The number of hydrogen-bond donors (Lipinski definition) is 2. The van der Waals surface area contributed by atoms with Crippen molar-refractivity contribution in [2.24, 2.45) is 5.41 Å². The summed E-state index contributed by atoms with van der Waals surface area (Å²) in [5.41, 5.74) is 0.491. The molecule has 1 aliphatic rings. The smallest absolute Gasteiger partial charge is 0.00334 e. The molecule has 0 saturated heterocycles. The summed E-state index contributed by atoms with van der Waals surface area (Å²) in [5, 5.41) is 0. The fraction of sp³-hybridized carbons (Fsp3) is 1.00. The molecule has 0 aliphatic heterocycles. The molecule has 0 bridgehead atoms. The van der Waals surface area contributed by atoms with Crippen LogP contribution in [0.1, 0.15) is 32.1 Å². The van der Waals surface area contributed by atoms with Gasteiger partial charge in [-0.25, -0.2) is 0 Å². The highest BCUT2D eigenvalue weighted by Crippen LogP contribution is 2.37. The van der Waals surface area contributed by atoms with E-state index in [1.54, 1.807) is 0 Å². The Morgan fingerprint density at radius 1 is 0.900 bits per heavy atom. The fourth-order valence-electron chi connectivity index (χ4n) is 1.67. The van der Waals surface area contributed by atoms with Crippen molar-refractivity contribution in [1.29, 1.82) is 0 Å². The average molecular weight is 176 g/mol. The molecule has 0 spiro atoms. The molecule has 0 unspecified atom stereocenters. The van der Waals surface area contributed by atoms with Gasteiger partial charge in [0.2, 0.25) is 0 Å². The summed E-state index contributed by atoms with van der Waals surface area (Å²) < 4.78 is 0. The molecule has 60 valence electrons. The maximum absolute atomic E-state index is 4.38. The first-order valence-corrected chi connectivity index (χ1v) is 5.31. The Labute approximate surface area is 74.6 Å². The van der Waals surface area contributed by atoms with Crippen LogP contribution in [0.5, 0.6) is 0 Å². The summed E-state index contributed by atoms with van der Waals surface area (Å²) in [6, 6.07) is 0. The van der Waals surface area contributed by atoms with Gasteiger partial charge in [-0.2, -0.15) is 25.3 Å². The van der Waals surface area contributed by atoms with E-state index in [1.807, 2.05) is 0 Å². The van der Waals surface area contributed by atoms with E-state index in [0.29, 0.717) is 5.41 Å². The largest absolute Gasteiger partial charge is 0.179 e. The van der Waals surface area contributed by atoms with Gasteiger partial charge in [0.05, 0.1) is 0 Å². The monoisotopic (exact) mass is 176 g/mol. The van der Waals surface area contributed by atoms with Gasteiger partial charge in [-0.1, -0.05) is 19.3 Å². The Balaban J connectivity index is 2.44. The first kappa shape index (κ1) is 8.79. The van der Waals surface area contributed by atoms with Crippen LogP contribution >= 0.6 is 25.3 Å². The second-order valence-electron chi connectivity index (χ2n) is 3.38. The van der Waals surface area contributed by atoms with Crippen molar-refractivity contribution in [1.82, 2.24) is 0 Å². The number of rotatable bonds is 2. The van der Waals surface area contributed by atoms with Crippen LogP contribution in [0.25, 0.3) is 0 Å². The van der Waals surface area contributed by atoms with E-state index < -0.39 is 0 Å². The quantitative estimate of drug-likeness (QED) is 0.594. The van der Waals surface area contributed by atoms with Crippen LogP contribution in [0.3, 0.4) is 0 Å². The van der Waals surface area contributed by atoms with Crippen molar-refractivity contribution in [3.63, 3.8) is 0 Å². The predicted molar refractivity (Wildman–Crippen MR) is 53.2 cm³/mol. The Morgan fingerprint density at radius 2 is 1.40 bits per heavy atom. The summed E-state index contributed by atoms with van der Waals surface area (Å²) in [5.74, 6) is 2.05. The molecule has 1 rings (SSSR count). The number of thiol groups is 2. The van der Waals surface area contributed by atoms with Crippen LogP contribution in [0.15, 0.2) is 0 Å². The third-order valence-electron chi connectivity index (χ3n) is 2.59. The predicted octanol–water partition coefficient (Wildman–Crippen LogP) is 2.80. The maximum Gasteiger partial charge on any atom is -0.00334 e. The molecule has 0 nitrogen and oxygen atoms in total. The van der Waals surface area contributed by atoms with E-state index >= 15 is 0 Å². The van der Waals surface area contributed by atoms with Crippen molar-refractivity contribution >= 4 is 25.3 Å². The molecule has 0 radical (unpaired) electrons. The van der Waals surface area contributed by atoms with Crippen molar-refractivity contribution < 1.29 is 0 Å². The highest BCUT2D eigenvalue weighted by molar-refractivity contribution is 7.81. The normalized spacial score (nSPS) is 24.6. The van der Waals surface area contributed by atoms with Gasteiger partial charge in [-0.3, -0.25) is 0 Å². The average Bonchev–Trinajstić information content (AvgIpc) is 2.06. The van der Waals surface area contributed by atoms with Crippen molar-refractivity contribution in [3.8, 4) is 0 Å². The molecular formula is C8H16S2. The number of hydrogen-bond acceptors (Lipinski definition) is 2. The summed E-state index contributed by atoms with van der Waals surface area (Å²) in [6.45, 7) is 0. The van der Waals surface area contributed by atoms with E-state index in [1.165, 1.54) is 32.1 Å². The zero-order chi connectivity index (χ0) is 7.45. The highest BCUT2D eigenvalue weighted by Gasteiger charge is 2.28. The molecule has 10 heavy (non-hydrogen) atoms. The van der Waals surface area contributed by atoms with Crippen molar-refractivity contribution in [2.75, 3.05) is 11.5 Å². The lowest BCUT2D eigenvalue weighted by atomic mass is 9.77. The molecule has 0 aromatic heterocycles. The summed E-state index contributed by atoms with van der Waals surface area (Å²) in [7, 11) is 0. The lowest BCUT2D eigenvalue weighted by Gasteiger charge is -2.34. The topological polar surface area (TPSA) is 0 Å². The highest BCUT2D eigenvalue weighted by atomic mass is 32.1. The van der Waals surface area contributed by atoms with Gasteiger partial charge in [0.15, 0.2) is 0 Å². The van der Waals surface area contributed by atoms with E-state index in [2.05, 4.69) is 25.3 Å². The Kier molecular flexibility index (Phi) is 3.44. The van der Waals surface area contributed by atoms with E-state index in [-0.39, 0.29) is 0 Å². The first-order valence-electron chi connectivity index (χ1n) is 4.05. The van der Waals surface area contributed by atoms with Crippen LogP contribution in [0.2, 0.25) is 0 Å². The molecular weight excluding hydrogens is 160 g/mol. The molecule has 1 aliphatic carbocycles. The van der Waals surface area contributed by atoms with Crippen LogP contribution in [-0.2, 0) is 0 Å². The molecule has 0 N–H and O–H groups in total. The van der Waals surface area contributed by atoms with E-state index in [4.69, 9.17) is 0 Å². The minimum atomic E-state index is 0.491. The van der Waals surface area contributed by atoms with Crippen molar-refractivity contribution in [3.05, 3.63) is 0 Å². The van der Waals surface area contributed by atoms with Gasteiger partial charge in [-0.05, 0) is 29.8 Å². The lowest BCUT2D eigenvalue weighted by molar-refractivity contribution is 0.259. The standard InChI is InChI=1S/C8H16S2/c9-6-8(7-10)4-2-1-3-5-8/h9-10H,1-7H2. The minimum absolute atomic E-state index is 0.491. The minimum Gasteiger partial charge on any atom is -0.179 e. The summed E-state index contributed by atoms with van der Waals surface area (Å²) >= 11 is 8.76. The zero-order valence-corrected chi connectivity index (χ0v) is 8.13. The molecule has 1 fully saturated rings. The second-order valence-corrected chi connectivity index (χ2v) is 4.01. The van der Waals surface area contributed by atoms with Gasteiger partial charge in [0.25, 0.3) is 0 Å². The van der Waals surface area contributed by atoms with Crippen LogP contribution in [-0.4, -0.2) is 11.5 Å². The molecule has 0 amide bonds. The van der Waals surface area contributed by atoms with Crippen LogP contribution < -0.4 is 0 Å². The summed E-state index contributed by atoms with van der Waals surface area (Å²) in [4.78, 5) is 0. The molecule has 1 saturated carbocycles. The SMILES string of the molecule is SCC1(CS)CCCCC1. The first-order chi connectivity index (χ1) is 4.83. The van der Waals surface area contributed by atoms with Gasteiger partial charge in [-0.15, -0.1) is 0 Å². The van der Waals surface area contributed by atoms with Gasteiger partial charge in [0.1, 0.15) is 0 Å².